The fraction of sp³-hybridized carbons (Fsp3) is 0.333. The van der Waals surface area contributed by atoms with Crippen molar-refractivity contribution >= 4 is 29.2 Å². The first-order valence-corrected chi connectivity index (χ1v) is 9.31. The van der Waals surface area contributed by atoms with Crippen LogP contribution < -0.4 is 10.6 Å². The number of halogens is 4. The maximum absolute atomic E-state index is 13.6. The zero-order valence-corrected chi connectivity index (χ0v) is 16.7. The van der Waals surface area contributed by atoms with Crippen LogP contribution in [0.15, 0.2) is 41.4 Å². The van der Waals surface area contributed by atoms with Crippen LogP contribution in [0, 0.1) is 5.82 Å². The van der Waals surface area contributed by atoms with Crippen molar-refractivity contribution < 1.29 is 22.4 Å². The largest absolute Gasteiger partial charge is 0.418 e. The standard InChI is InChI=1S/C21H22F4N4O/c1-12(11-29(2)3)27-18-7-5-14(9-17(18)21(23,24)25)26-10-16-15-6-4-13(22)8-19(15)28-20(16)30/h4-10,12,16,27H,11H2,1-3H3,(H,28,30). The maximum Gasteiger partial charge on any atom is 0.418 e. The minimum atomic E-state index is -4.57. The lowest BCUT2D eigenvalue weighted by Gasteiger charge is -2.22. The Morgan fingerprint density at radius 1 is 1.23 bits per heavy atom. The quantitative estimate of drug-likeness (QED) is 0.527. The molecule has 30 heavy (non-hydrogen) atoms. The van der Waals surface area contributed by atoms with E-state index in [4.69, 9.17) is 0 Å². The number of benzene rings is 2. The number of hydrogen-bond acceptors (Lipinski definition) is 4. The van der Waals surface area contributed by atoms with Gasteiger partial charge in [0.05, 0.1) is 11.3 Å². The lowest BCUT2D eigenvalue weighted by atomic mass is 10.0. The second-order valence-corrected chi connectivity index (χ2v) is 7.51. The van der Waals surface area contributed by atoms with Gasteiger partial charge in [-0.25, -0.2) is 4.39 Å². The number of nitrogens with zero attached hydrogens (tertiary/aromatic N) is 2. The molecule has 160 valence electrons. The van der Waals surface area contributed by atoms with Crippen LogP contribution in [0.25, 0.3) is 0 Å². The highest BCUT2D eigenvalue weighted by molar-refractivity contribution is 6.12. The minimum Gasteiger partial charge on any atom is -0.381 e. The molecule has 0 saturated carbocycles. The van der Waals surface area contributed by atoms with Crippen LogP contribution in [0.5, 0.6) is 0 Å². The Hall–Kier alpha value is -2.94. The molecule has 3 rings (SSSR count). The first kappa shape index (κ1) is 21.8. The van der Waals surface area contributed by atoms with Gasteiger partial charge in [-0.3, -0.25) is 9.79 Å². The van der Waals surface area contributed by atoms with E-state index in [0.29, 0.717) is 17.8 Å². The zero-order chi connectivity index (χ0) is 22.1. The van der Waals surface area contributed by atoms with Crippen molar-refractivity contribution in [3.05, 3.63) is 53.3 Å². The summed E-state index contributed by atoms with van der Waals surface area (Å²) in [5, 5.41) is 5.43. The Kier molecular flexibility index (Phi) is 6.12. The van der Waals surface area contributed by atoms with E-state index in [1.807, 2.05) is 19.0 Å². The van der Waals surface area contributed by atoms with Gasteiger partial charge in [0.25, 0.3) is 0 Å². The summed E-state index contributed by atoms with van der Waals surface area (Å²) < 4.78 is 54.1. The number of aliphatic imine (C=N–C) groups is 1. The summed E-state index contributed by atoms with van der Waals surface area (Å²) in [6, 6.07) is 7.40. The predicted molar refractivity (Wildman–Crippen MR) is 109 cm³/mol. The zero-order valence-electron chi connectivity index (χ0n) is 16.7. The number of hydrogen-bond donors (Lipinski definition) is 2. The Balaban J connectivity index is 1.86. The summed E-state index contributed by atoms with van der Waals surface area (Å²) >= 11 is 0. The van der Waals surface area contributed by atoms with Gasteiger partial charge in [0.1, 0.15) is 11.7 Å². The molecule has 0 saturated heterocycles. The number of alkyl halides is 3. The summed E-state index contributed by atoms with van der Waals surface area (Å²) in [6.07, 6.45) is -3.29. The third kappa shape index (κ3) is 4.96. The van der Waals surface area contributed by atoms with Gasteiger partial charge in [-0.15, -0.1) is 0 Å². The van der Waals surface area contributed by atoms with E-state index < -0.39 is 29.4 Å². The number of likely N-dealkylation sites (N-methyl/N-ethyl adjacent to an activating group) is 1. The molecule has 2 atom stereocenters. The molecule has 0 fully saturated rings. The van der Waals surface area contributed by atoms with E-state index in [9.17, 15) is 22.4 Å². The van der Waals surface area contributed by atoms with Gasteiger partial charge in [-0.1, -0.05) is 6.07 Å². The van der Waals surface area contributed by atoms with Gasteiger partial charge in [0.2, 0.25) is 5.91 Å². The summed E-state index contributed by atoms with van der Waals surface area (Å²) in [7, 11) is 3.68. The minimum absolute atomic E-state index is 0.0322. The van der Waals surface area contributed by atoms with Crippen molar-refractivity contribution in [2.24, 2.45) is 4.99 Å². The fourth-order valence-corrected chi connectivity index (χ4v) is 3.40. The van der Waals surface area contributed by atoms with Crippen LogP contribution in [-0.2, 0) is 11.0 Å². The van der Waals surface area contributed by atoms with E-state index in [1.165, 1.54) is 36.5 Å². The van der Waals surface area contributed by atoms with Gasteiger partial charge in [-0.2, -0.15) is 13.2 Å². The first-order chi connectivity index (χ1) is 14.0. The third-order valence-corrected chi connectivity index (χ3v) is 4.61. The monoisotopic (exact) mass is 422 g/mol. The van der Waals surface area contributed by atoms with E-state index in [1.54, 1.807) is 6.92 Å². The summed E-state index contributed by atoms with van der Waals surface area (Å²) in [5.41, 5.74) is 0.0617. The molecule has 5 nitrogen and oxygen atoms in total. The molecule has 1 heterocycles. The molecule has 0 spiro atoms. The average molecular weight is 422 g/mol. The number of rotatable bonds is 6. The number of amides is 1. The molecule has 1 amide bonds. The molecule has 2 aromatic rings. The number of nitrogens with one attached hydrogen (secondary N) is 2. The first-order valence-electron chi connectivity index (χ1n) is 9.31. The Bertz CT molecular complexity index is 972. The third-order valence-electron chi connectivity index (χ3n) is 4.61. The molecule has 0 radical (unpaired) electrons. The number of carbonyl (C=O) groups excluding carboxylic acids is 1. The van der Waals surface area contributed by atoms with E-state index in [2.05, 4.69) is 15.6 Å². The molecular formula is C21H22F4N4O. The highest BCUT2D eigenvalue weighted by Gasteiger charge is 2.34. The lowest BCUT2D eigenvalue weighted by Crippen LogP contribution is -2.30. The Labute approximate surface area is 171 Å². The van der Waals surface area contributed by atoms with Crippen LogP contribution in [0.2, 0.25) is 0 Å². The Morgan fingerprint density at radius 2 is 1.97 bits per heavy atom. The smallest absolute Gasteiger partial charge is 0.381 e. The molecule has 2 N–H and O–H groups in total. The SMILES string of the molecule is CC(CN(C)C)Nc1ccc(N=CC2C(=O)Nc3cc(F)ccc32)cc1C(F)(F)F. The molecule has 9 heteroatoms. The maximum atomic E-state index is 13.6. The number of carbonyl (C=O) groups is 1. The molecule has 0 aromatic heterocycles. The van der Waals surface area contributed by atoms with Crippen LogP contribution in [0.3, 0.4) is 0 Å². The summed E-state index contributed by atoms with van der Waals surface area (Å²) in [5.74, 6) is -1.70. The van der Waals surface area contributed by atoms with Crippen LogP contribution in [0.1, 0.15) is 24.0 Å². The second kappa shape index (κ2) is 8.43. The van der Waals surface area contributed by atoms with Crippen molar-refractivity contribution in [1.29, 1.82) is 0 Å². The second-order valence-electron chi connectivity index (χ2n) is 7.51. The van der Waals surface area contributed by atoms with Crippen LogP contribution in [-0.4, -0.2) is 43.7 Å². The fourth-order valence-electron chi connectivity index (χ4n) is 3.40. The highest BCUT2D eigenvalue weighted by atomic mass is 19.4. The molecule has 1 aliphatic rings. The van der Waals surface area contributed by atoms with Crippen LogP contribution in [0.4, 0.5) is 34.6 Å². The average Bonchev–Trinajstić information content (AvgIpc) is 2.93. The highest BCUT2D eigenvalue weighted by Crippen LogP contribution is 2.38. The Morgan fingerprint density at radius 3 is 2.63 bits per heavy atom. The van der Waals surface area contributed by atoms with Crippen LogP contribution >= 0.6 is 0 Å². The molecular weight excluding hydrogens is 400 g/mol. The van der Waals surface area contributed by atoms with Gasteiger partial charge in [0, 0.05) is 30.2 Å². The molecule has 2 aromatic carbocycles. The van der Waals surface area contributed by atoms with E-state index in [0.717, 1.165) is 6.07 Å². The summed E-state index contributed by atoms with van der Waals surface area (Å²) in [6.45, 7) is 2.36. The van der Waals surface area contributed by atoms with Crippen molar-refractivity contribution in [2.75, 3.05) is 31.3 Å². The van der Waals surface area contributed by atoms with Gasteiger partial charge in [0.15, 0.2) is 0 Å². The topological polar surface area (TPSA) is 56.7 Å². The predicted octanol–water partition coefficient (Wildman–Crippen LogP) is 4.64. The van der Waals surface area contributed by atoms with Gasteiger partial charge in [-0.05, 0) is 56.9 Å². The van der Waals surface area contributed by atoms with E-state index >= 15 is 0 Å². The van der Waals surface area contributed by atoms with Crippen molar-refractivity contribution in [3.8, 4) is 0 Å². The number of anilines is 2. The van der Waals surface area contributed by atoms with Gasteiger partial charge >= 0.3 is 6.18 Å². The van der Waals surface area contributed by atoms with Crippen molar-refractivity contribution in [1.82, 2.24) is 4.90 Å². The van der Waals surface area contributed by atoms with E-state index in [-0.39, 0.29) is 17.4 Å². The number of fused-ring (bicyclic) bond motifs is 1. The lowest BCUT2D eigenvalue weighted by molar-refractivity contribution is -0.137. The molecule has 1 aliphatic heterocycles. The van der Waals surface area contributed by atoms with Crippen molar-refractivity contribution in [3.63, 3.8) is 0 Å². The normalized spacial score (nSPS) is 17.3. The van der Waals surface area contributed by atoms with Gasteiger partial charge < -0.3 is 15.5 Å². The molecule has 0 aliphatic carbocycles. The molecule has 2 unspecified atom stereocenters. The summed E-state index contributed by atoms with van der Waals surface area (Å²) in [4.78, 5) is 18.1. The molecule has 0 bridgehead atoms. The van der Waals surface area contributed by atoms with Crippen molar-refractivity contribution in [2.45, 2.75) is 25.1 Å².